The van der Waals surface area contributed by atoms with Gasteiger partial charge in [0.15, 0.2) is 0 Å². The van der Waals surface area contributed by atoms with Gasteiger partial charge >= 0.3 is 0 Å². The van der Waals surface area contributed by atoms with Gasteiger partial charge in [-0.15, -0.1) is 11.8 Å². The van der Waals surface area contributed by atoms with Crippen molar-refractivity contribution in [3.05, 3.63) is 22.2 Å². The molecular weight excluding hydrogens is 312 g/mol. The van der Waals surface area contributed by atoms with E-state index in [0.717, 1.165) is 34.3 Å². The Balaban J connectivity index is 2.22. The number of halogens is 1. The van der Waals surface area contributed by atoms with Gasteiger partial charge in [0, 0.05) is 4.47 Å². The average molecular weight is 329 g/mol. The van der Waals surface area contributed by atoms with Crippen molar-refractivity contribution in [3.63, 3.8) is 0 Å². The number of hydrogen-bond acceptors (Lipinski definition) is 3. The van der Waals surface area contributed by atoms with Crippen LogP contribution in [0.25, 0.3) is 0 Å². The molecule has 98 valence electrons. The lowest BCUT2D eigenvalue weighted by Gasteiger charge is -2.23. The number of nitrogens with one attached hydrogen (secondary N) is 1. The third-order valence-electron chi connectivity index (χ3n) is 3.27. The van der Waals surface area contributed by atoms with Gasteiger partial charge in [0.1, 0.15) is 0 Å². The maximum atomic E-state index is 12.3. The molecule has 0 aromatic heterocycles. The number of benzene rings is 1. The molecule has 1 aliphatic rings. The fourth-order valence-corrected chi connectivity index (χ4v) is 3.94. The van der Waals surface area contributed by atoms with Crippen LogP contribution < -0.4 is 11.1 Å². The minimum Gasteiger partial charge on any atom is -0.397 e. The molecule has 1 aromatic rings. The van der Waals surface area contributed by atoms with Gasteiger partial charge in [-0.1, -0.05) is 15.9 Å². The standard InChI is InChI=1S/C13H17BrN2OS/c1-8-6-9(14)7-10(15)11(8)16-12(17)13(2)4-3-5-18-13/h6-7H,3-5,15H2,1-2H3,(H,16,17). The minimum absolute atomic E-state index is 0.0575. The Bertz CT molecular complexity index is 461. The number of rotatable bonds is 2. The summed E-state index contributed by atoms with van der Waals surface area (Å²) in [6.07, 6.45) is 2.03. The first-order chi connectivity index (χ1) is 8.42. The smallest absolute Gasteiger partial charge is 0.240 e. The SMILES string of the molecule is Cc1cc(Br)cc(N)c1NC(=O)C1(C)CCCS1. The van der Waals surface area contributed by atoms with Gasteiger partial charge in [0.25, 0.3) is 0 Å². The highest BCUT2D eigenvalue weighted by atomic mass is 79.9. The van der Waals surface area contributed by atoms with Gasteiger partial charge in [-0.2, -0.15) is 0 Å². The first kappa shape index (κ1) is 13.7. The second-order valence-electron chi connectivity index (χ2n) is 4.82. The van der Waals surface area contributed by atoms with Crippen LogP contribution in [0.2, 0.25) is 0 Å². The van der Waals surface area contributed by atoms with Crippen molar-refractivity contribution < 1.29 is 4.79 Å². The molecule has 0 saturated carbocycles. The summed E-state index contributed by atoms with van der Waals surface area (Å²) in [5.41, 5.74) is 8.27. The lowest BCUT2D eigenvalue weighted by Crippen LogP contribution is -2.35. The van der Waals surface area contributed by atoms with E-state index in [0.29, 0.717) is 5.69 Å². The molecule has 1 amide bonds. The summed E-state index contributed by atoms with van der Waals surface area (Å²) in [4.78, 5) is 12.3. The molecule has 1 saturated heterocycles. The van der Waals surface area contributed by atoms with E-state index in [9.17, 15) is 4.79 Å². The van der Waals surface area contributed by atoms with E-state index >= 15 is 0 Å². The number of anilines is 2. The van der Waals surface area contributed by atoms with Crippen LogP contribution in [0, 0.1) is 6.92 Å². The number of hydrogen-bond donors (Lipinski definition) is 2. The van der Waals surface area contributed by atoms with Crippen molar-refractivity contribution >= 4 is 45.0 Å². The summed E-state index contributed by atoms with van der Waals surface area (Å²) in [5, 5.41) is 2.98. The molecule has 0 spiro atoms. The number of nitrogens with two attached hydrogens (primary N) is 1. The van der Waals surface area contributed by atoms with E-state index in [1.54, 1.807) is 11.8 Å². The Morgan fingerprint density at radius 3 is 2.83 bits per heavy atom. The fraction of sp³-hybridized carbons (Fsp3) is 0.462. The molecule has 0 aliphatic carbocycles. The summed E-state index contributed by atoms with van der Waals surface area (Å²) >= 11 is 5.12. The Kier molecular flexibility index (Phi) is 3.92. The van der Waals surface area contributed by atoms with Crippen molar-refractivity contribution in [3.8, 4) is 0 Å². The first-order valence-electron chi connectivity index (χ1n) is 5.93. The van der Waals surface area contributed by atoms with Gasteiger partial charge in [-0.3, -0.25) is 4.79 Å². The number of amides is 1. The molecule has 2 rings (SSSR count). The number of carbonyl (C=O) groups excluding carboxylic acids is 1. The van der Waals surface area contributed by atoms with E-state index in [4.69, 9.17) is 5.73 Å². The maximum absolute atomic E-state index is 12.3. The van der Waals surface area contributed by atoms with Crippen LogP contribution >= 0.6 is 27.7 Å². The Morgan fingerprint density at radius 2 is 2.28 bits per heavy atom. The zero-order valence-corrected chi connectivity index (χ0v) is 13.0. The van der Waals surface area contributed by atoms with Crippen molar-refractivity contribution in [2.24, 2.45) is 0 Å². The van der Waals surface area contributed by atoms with Gasteiger partial charge in [0.2, 0.25) is 5.91 Å². The molecule has 1 aliphatic heterocycles. The molecule has 3 N–H and O–H groups in total. The third kappa shape index (κ3) is 2.67. The predicted molar refractivity (Wildman–Crippen MR) is 82.0 cm³/mol. The van der Waals surface area contributed by atoms with Crippen LogP contribution in [-0.2, 0) is 4.79 Å². The van der Waals surface area contributed by atoms with E-state index in [2.05, 4.69) is 21.2 Å². The fourth-order valence-electron chi connectivity index (χ4n) is 2.14. The summed E-state index contributed by atoms with van der Waals surface area (Å²) in [5.74, 6) is 1.11. The molecule has 1 atom stereocenters. The zero-order chi connectivity index (χ0) is 13.3. The highest BCUT2D eigenvalue weighted by molar-refractivity contribution is 9.10. The lowest BCUT2D eigenvalue weighted by atomic mass is 10.0. The Hall–Kier alpha value is -0.680. The van der Waals surface area contributed by atoms with Crippen molar-refractivity contribution in [1.29, 1.82) is 0 Å². The number of nitrogen functional groups attached to an aromatic ring is 1. The number of aryl methyl sites for hydroxylation is 1. The van der Waals surface area contributed by atoms with Crippen molar-refractivity contribution in [1.82, 2.24) is 0 Å². The summed E-state index contributed by atoms with van der Waals surface area (Å²) in [6, 6.07) is 3.77. The molecular formula is C13H17BrN2OS. The maximum Gasteiger partial charge on any atom is 0.240 e. The molecule has 1 unspecified atom stereocenters. The molecule has 1 fully saturated rings. The molecule has 1 aromatic carbocycles. The summed E-state index contributed by atoms with van der Waals surface area (Å²) in [6.45, 7) is 3.95. The lowest BCUT2D eigenvalue weighted by molar-refractivity contribution is -0.118. The van der Waals surface area contributed by atoms with Crippen LogP contribution in [0.4, 0.5) is 11.4 Å². The van der Waals surface area contributed by atoms with Crippen molar-refractivity contribution in [2.45, 2.75) is 31.4 Å². The Morgan fingerprint density at radius 1 is 1.56 bits per heavy atom. The zero-order valence-electron chi connectivity index (χ0n) is 10.5. The molecule has 1 heterocycles. The topological polar surface area (TPSA) is 55.1 Å². The van der Waals surface area contributed by atoms with E-state index in [-0.39, 0.29) is 10.7 Å². The predicted octanol–water partition coefficient (Wildman–Crippen LogP) is 3.56. The van der Waals surface area contributed by atoms with Gasteiger partial charge in [-0.05, 0) is 50.1 Å². The van der Waals surface area contributed by atoms with Crippen LogP contribution in [0.5, 0.6) is 0 Å². The van der Waals surface area contributed by atoms with Gasteiger partial charge < -0.3 is 11.1 Å². The van der Waals surface area contributed by atoms with E-state index in [1.165, 1.54) is 0 Å². The second-order valence-corrected chi connectivity index (χ2v) is 7.34. The number of thioether (sulfide) groups is 1. The van der Waals surface area contributed by atoms with E-state index < -0.39 is 0 Å². The second kappa shape index (κ2) is 5.13. The van der Waals surface area contributed by atoms with Crippen LogP contribution in [0.1, 0.15) is 25.3 Å². The highest BCUT2D eigenvalue weighted by Gasteiger charge is 2.37. The number of carbonyl (C=O) groups is 1. The molecule has 0 radical (unpaired) electrons. The molecule has 3 nitrogen and oxygen atoms in total. The van der Waals surface area contributed by atoms with E-state index in [1.807, 2.05) is 26.0 Å². The van der Waals surface area contributed by atoms with Gasteiger partial charge in [-0.25, -0.2) is 0 Å². The quantitative estimate of drug-likeness (QED) is 0.816. The molecule has 0 bridgehead atoms. The van der Waals surface area contributed by atoms with Crippen LogP contribution in [0.15, 0.2) is 16.6 Å². The molecule has 18 heavy (non-hydrogen) atoms. The van der Waals surface area contributed by atoms with Crippen LogP contribution in [0.3, 0.4) is 0 Å². The molecule has 5 heteroatoms. The Labute approximate surface area is 120 Å². The highest BCUT2D eigenvalue weighted by Crippen LogP contribution is 2.39. The largest absolute Gasteiger partial charge is 0.397 e. The third-order valence-corrected chi connectivity index (χ3v) is 5.25. The average Bonchev–Trinajstić information content (AvgIpc) is 2.71. The summed E-state index contributed by atoms with van der Waals surface area (Å²) < 4.78 is 0.614. The van der Waals surface area contributed by atoms with Crippen LogP contribution in [-0.4, -0.2) is 16.4 Å². The minimum atomic E-state index is -0.314. The first-order valence-corrected chi connectivity index (χ1v) is 7.71. The van der Waals surface area contributed by atoms with Gasteiger partial charge in [0.05, 0.1) is 16.1 Å². The van der Waals surface area contributed by atoms with Crippen molar-refractivity contribution in [2.75, 3.05) is 16.8 Å². The monoisotopic (exact) mass is 328 g/mol. The normalized spacial score (nSPS) is 23.1. The summed E-state index contributed by atoms with van der Waals surface area (Å²) in [7, 11) is 0.